The minimum absolute atomic E-state index is 0.429. The van der Waals surface area contributed by atoms with Crippen molar-refractivity contribution in [2.75, 3.05) is 0 Å². The van der Waals surface area contributed by atoms with E-state index in [1.54, 1.807) is 0 Å². The number of rotatable bonds is 4. The SMILES string of the molecule is CCC1CC1/C(C=C(C)C)=N/C(C)C. The van der Waals surface area contributed by atoms with Crippen molar-refractivity contribution in [2.24, 2.45) is 16.8 Å². The van der Waals surface area contributed by atoms with E-state index in [9.17, 15) is 0 Å². The zero-order valence-corrected chi connectivity index (χ0v) is 10.2. The number of allylic oxidation sites excluding steroid dienone is 2. The van der Waals surface area contributed by atoms with Gasteiger partial charge in [-0.2, -0.15) is 0 Å². The highest BCUT2D eigenvalue weighted by atomic mass is 14.8. The van der Waals surface area contributed by atoms with Gasteiger partial charge < -0.3 is 0 Å². The molecule has 1 fully saturated rings. The van der Waals surface area contributed by atoms with Crippen LogP contribution < -0.4 is 0 Å². The van der Waals surface area contributed by atoms with E-state index < -0.39 is 0 Å². The standard InChI is InChI=1S/C13H23N/c1-6-11-8-12(11)13(7-9(2)3)14-10(4)5/h7,10-12H,6,8H2,1-5H3/b14-13+. The number of aliphatic imine (C=N–C) groups is 1. The molecule has 1 nitrogen and oxygen atoms in total. The molecule has 0 saturated heterocycles. The first-order chi connectivity index (χ1) is 6.54. The summed E-state index contributed by atoms with van der Waals surface area (Å²) in [5, 5.41) is 0. The van der Waals surface area contributed by atoms with Gasteiger partial charge in [0.1, 0.15) is 0 Å². The summed E-state index contributed by atoms with van der Waals surface area (Å²) in [6.45, 7) is 10.9. The van der Waals surface area contributed by atoms with E-state index in [-0.39, 0.29) is 0 Å². The van der Waals surface area contributed by atoms with Crippen molar-refractivity contribution >= 4 is 5.71 Å². The van der Waals surface area contributed by atoms with Crippen molar-refractivity contribution in [3.63, 3.8) is 0 Å². The summed E-state index contributed by atoms with van der Waals surface area (Å²) in [4.78, 5) is 4.72. The summed E-state index contributed by atoms with van der Waals surface area (Å²) in [6, 6.07) is 0.429. The summed E-state index contributed by atoms with van der Waals surface area (Å²) < 4.78 is 0. The number of nitrogens with zero attached hydrogens (tertiary/aromatic N) is 1. The maximum Gasteiger partial charge on any atom is 0.0446 e. The molecule has 14 heavy (non-hydrogen) atoms. The zero-order valence-electron chi connectivity index (χ0n) is 10.2. The van der Waals surface area contributed by atoms with Gasteiger partial charge in [-0.1, -0.05) is 18.9 Å². The van der Waals surface area contributed by atoms with Crippen LogP contribution in [0.5, 0.6) is 0 Å². The molecule has 0 bridgehead atoms. The van der Waals surface area contributed by atoms with Crippen molar-refractivity contribution in [1.82, 2.24) is 0 Å². The third-order valence-electron chi connectivity index (χ3n) is 2.67. The highest BCUT2D eigenvalue weighted by Crippen LogP contribution is 2.42. The Balaban J connectivity index is 2.69. The van der Waals surface area contributed by atoms with Gasteiger partial charge in [-0.15, -0.1) is 0 Å². The van der Waals surface area contributed by atoms with Gasteiger partial charge >= 0.3 is 0 Å². The molecule has 80 valence electrons. The number of hydrogen-bond donors (Lipinski definition) is 0. The Kier molecular flexibility index (Phi) is 3.91. The van der Waals surface area contributed by atoms with Gasteiger partial charge in [0.15, 0.2) is 0 Å². The molecule has 0 aromatic carbocycles. The van der Waals surface area contributed by atoms with E-state index in [1.165, 1.54) is 24.1 Å². The molecule has 0 aromatic rings. The summed E-state index contributed by atoms with van der Waals surface area (Å²) in [5.41, 5.74) is 2.71. The highest BCUT2D eigenvalue weighted by Gasteiger charge is 2.38. The lowest BCUT2D eigenvalue weighted by Crippen LogP contribution is -2.04. The van der Waals surface area contributed by atoms with Crippen molar-refractivity contribution in [2.45, 2.75) is 53.5 Å². The Morgan fingerprint density at radius 2 is 2.07 bits per heavy atom. The summed E-state index contributed by atoms with van der Waals surface area (Å²) >= 11 is 0. The van der Waals surface area contributed by atoms with Gasteiger partial charge in [-0.25, -0.2) is 0 Å². The van der Waals surface area contributed by atoms with Gasteiger partial charge in [-0.05, 0) is 46.1 Å². The van der Waals surface area contributed by atoms with E-state index in [4.69, 9.17) is 4.99 Å². The largest absolute Gasteiger partial charge is 0.287 e. The van der Waals surface area contributed by atoms with Crippen molar-refractivity contribution < 1.29 is 0 Å². The average Bonchev–Trinajstić information content (AvgIpc) is 2.79. The van der Waals surface area contributed by atoms with Crippen LogP contribution in [-0.4, -0.2) is 11.8 Å². The molecule has 0 aromatic heterocycles. The fourth-order valence-corrected chi connectivity index (χ4v) is 1.89. The lowest BCUT2D eigenvalue weighted by atomic mass is 10.1. The smallest absolute Gasteiger partial charge is 0.0446 e. The average molecular weight is 193 g/mol. The molecule has 0 heterocycles. The van der Waals surface area contributed by atoms with Crippen LogP contribution >= 0.6 is 0 Å². The first-order valence-electron chi connectivity index (χ1n) is 5.77. The van der Waals surface area contributed by atoms with Crippen molar-refractivity contribution in [3.05, 3.63) is 11.6 Å². The van der Waals surface area contributed by atoms with Crippen LogP contribution in [0.15, 0.2) is 16.6 Å². The summed E-state index contributed by atoms with van der Waals surface area (Å²) in [6.07, 6.45) is 4.92. The Morgan fingerprint density at radius 3 is 2.43 bits per heavy atom. The normalized spacial score (nSPS) is 26.6. The van der Waals surface area contributed by atoms with Crippen molar-refractivity contribution in [1.29, 1.82) is 0 Å². The predicted octanol–water partition coefficient (Wildman–Crippen LogP) is 3.85. The first-order valence-corrected chi connectivity index (χ1v) is 5.77. The molecule has 0 N–H and O–H groups in total. The topological polar surface area (TPSA) is 12.4 Å². The quantitative estimate of drug-likeness (QED) is 0.601. The van der Waals surface area contributed by atoms with E-state index in [0.29, 0.717) is 6.04 Å². The number of hydrogen-bond acceptors (Lipinski definition) is 1. The molecule has 0 aliphatic heterocycles. The monoisotopic (exact) mass is 193 g/mol. The molecule has 0 spiro atoms. The molecule has 1 aliphatic rings. The predicted molar refractivity (Wildman–Crippen MR) is 63.9 cm³/mol. The van der Waals surface area contributed by atoms with Gasteiger partial charge in [0.2, 0.25) is 0 Å². The van der Waals surface area contributed by atoms with Gasteiger partial charge in [-0.3, -0.25) is 4.99 Å². The van der Waals surface area contributed by atoms with E-state index in [1.807, 2.05) is 0 Å². The Hall–Kier alpha value is -0.590. The Labute approximate surface area is 88.3 Å². The third-order valence-corrected chi connectivity index (χ3v) is 2.67. The fourth-order valence-electron chi connectivity index (χ4n) is 1.89. The van der Waals surface area contributed by atoms with Crippen LogP contribution in [0.1, 0.15) is 47.5 Å². The molecule has 1 aliphatic carbocycles. The summed E-state index contributed by atoms with van der Waals surface area (Å²) in [5.74, 6) is 1.67. The fraction of sp³-hybridized carbons (Fsp3) is 0.769. The molecule has 2 unspecified atom stereocenters. The molecular weight excluding hydrogens is 170 g/mol. The Bertz CT molecular complexity index is 244. The van der Waals surface area contributed by atoms with Crippen molar-refractivity contribution in [3.8, 4) is 0 Å². The molecule has 1 rings (SSSR count). The zero-order chi connectivity index (χ0) is 10.7. The van der Waals surface area contributed by atoms with Crippen LogP contribution in [0, 0.1) is 11.8 Å². The molecule has 0 amide bonds. The highest BCUT2D eigenvalue weighted by molar-refractivity contribution is 5.99. The molecule has 1 heteroatoms. The first kappa shape index (κ1) is 11.5. The lowest BCUT2D eigenvalue weighted by molar-refractivity contribution is 0.760. The molecular formula is C13H23N. The Morgan fingerprint density at radius 1 is 1.43 bits per heavy atom. The maximum atomic E-state index is 4.72. The van der Waals surface area contributed by atoms with Gasteiger partial charge in [0.25, 0.3) is 0 Å². The van der Waals surface area contributed by atoms with Crippen LogP contribution in [0.25, 0.3) is 0 Å². The van der Waals surface area contributed by atoms with Gasteiger partial charge in [0.05, 0.1) is 0 Å². The second-order valence-electron chi connectivity index (χ2n) is 4.88. The van der Waals surface area contributed by atoms with Crippen LogP contribution in [0.4, 0.5) is 0 Å². The van der Waals surface area contributed by atoms with E-state index >= 15 is 0 Å². The summed E-state index contributed by atoms with van der Waals surface area (Å²) in [7, 11) is 0. The minimum atomic E-state index is 0.429. The third kappa shape index (κ3) is 3.28. The molecule has 0 radical (unpaired) electrons. The van der Waals surface area contributed by atoms with Gasteiger partial charge in [0, 0.05) is 17.7 Å². The second kappa shape index (κ2) is 4.77. The van der Waals surface area contributed by atoms with E-state index in [0.717, 1.165) is 11.8 Å². The maximum absolute atomic E-state index is 4.72. The van der Waals surface area contributed by atoms with E-state index in [2.05, 4.69) is 40.7 Å². The molecule has 1 saturated carbocycles. The minimum Gasteiger partial charge on any atom is -0.287 e. The van der Waals surface area contributed by atoms with Crippen LogP contribution in [0.3, 0.4) is 0 Å². The second-order valence-corrected chi connectivity index (χ2v) is 4.88. The van der Waals surface area contributed by atoms with Crippen LogP contribution in [-0.2, 0) is 0 Å². The molecule has 2 atom stereocenters. The van der Waals surface area contributed by atoms with Crippen LogP contribution in [0.2, 0.25) is 0 Å². The lowest BCUT2D eigenvalue weighted by Gasteiger charge is -2.04.